The molecule has 0 unspecified atom stereocenters. The average molecular weight is 613 g/mol. The number of benzene rings is 2. The lowest BCUT2D eigenvalue weighted by Gasteiger charge is -2.33. The van der Waals surface area contributed by atoms with E-state index in [1.54, 1.807) is 52.8 Å². The van der Waals surface area contributed by atoms with Crippen LogP contribution < -0.4 is 9.92 Å². The van der Waals surface area contributed by atoms with Gasteiger partial charge in [0.2, 0.25) is 5.91 Å². The summed E-state index contributed by atoms with van der Waals surface area (Å²) in [5.41, 5.74) is 5.05. The normalized spacial score (nSPS) is 13.3. The molecule has 2 aromatic carbocycles. The van der Waals surface area contributed by atoms with E-state index < -0.39 is 60.8 Å². The summed E-state index contributed by atoms with van der Waals surface area (Å²) in [4.78, 5) is 27.2. The molecule has 0 aliphatic rings. The number of nitrogens with zero attached hydrogens (tertiary/aromatic N) is 1. The molecular formula is C28H40N2O9S2. The maximum absolute atomic E-state index is 13.3. The van der Waals surface area contributed by atoms with Gasteiger partial charge in [-0.15, -0.1) is 0 Å². The summed E-state index contributed by atoms with van der Waals surface area (Å²) in [5.74, 6) is -1.66. The Hall–Kier alpha value is -3.00. The summed E-state index contributed by atoms with van der Waals surface area (Å²) >= 11 is 0. The first-order valence-electron chi connectivity index (χ1n) is 13.1. The van der Waals surface area contributed by atoms with Crippen LogP contribution in [0.25, 0.3) is 0 Å². The van der Waals surface area contributed by atoms with Crippen LogP contribution in [0.15, 0.2) is 60.7 Å². The van der Waals surface area contributed by atoms with Crippen molar-refractivity contribution in [2.24, 2.45) is 11.1 Å². The van der Waals surface area contributed by atoms with E-state index in [1.807, 2.05) is 30.3 Å². The van der Waals surface area contributed by atoms with Gasteiger partial charge in [-0.1, -0.05) is 62.4 Å². The monoisotopic (exact) mass is 612 g/mol. The maximum Gasteiger partial charge on any atom is 0.417 e. The Balaban J connectivity index is 2.02. The van der Waals surface area contributed by atoms with Crippen LogP contribution >= 0.6 is 0 Å². The number of carbonyl (C=O) groups is 2. The molecule has 41 heavy (non-hydrogen) atoms. The second kappa shape index (κ2) is 14.3. The highest BCUT2D eigenvalue weighted by atomic mass is 32.2. The van der Waals surface area contributed by atoms with E-state index in [2.05, 4.69) is 0 Å². The number of amides is 2. The summed E-state index contributed by atoms with van der Waals surface area (Å²) in [5, 5.41) is 0. The van der Waals surface area contributed by atoms with Gasteiger partial charge in [-0.3, -0.25) is 8.98 Å². The molecule has 0 spiro atoms. The highest BCUT2D eigenvalue weighted by Gasteiger charge is 2.36. The third-order valence-electron chi connectivity index (χ3n) is 5.47. The molecular weight excluding hydrogens is 572 g/mol. The van der Waals surface area contributed by atoms with Gasteiger partial charge in [0.1, 0.15) is 11.4 Å². The Morgan fingerprint density at radius 3 is 1.95 bits per heavy atom. The van der Waals surface area contributed by atoms with Crippen LogP contribution in [-0.4, -0.2) is 70.0 Å². The Bertz CT molecular complexity index is 1360. The molecule has 2 rings (SSSR count). The van der Waals surface area contributed by atoms with E-state index in [-0.39, 0.29) is 31.7 Å². The molecule has 0 radical (unpaired) electrons. The van der Waals surface area contributed by atoms with Crippen molar-refractivity contribution in [1.82, 2.24) is 4.90 Å². The smallest absolute Gasteiger partial charge is 0.417 e. The van der Waals surface area contributed by atoms with Gasteiger partial charge in [-0.2, -0.15) is 16.8 Å². The van der Waals surface area contributed by atoms with Gasteiger partial charge in [0.05, 0.1) is 24.2 Å². The minimum Gasteiger partial charge on any atom is -0.443 e. The fourth-order valence-electron chi connectivity index (χ4n) is 3.56. The fourth-order valence-corrected chi connectivity index (χ4v) is 5.85. The number of carbonyl (C=O) groups excluding carboxylic acids is 2. The van der Waals surface area contributed by atoms with Crippen LogP contribution in [0.5, 0.6) is 5.75 Å². The molecule has 0 aromatic heterocycles. The molecule has 0 bridgehead atoms. The largest absolute Gasteiger partial charge is 0.443 e. The van der Waals surface area contributed by atoms with Gasteiger partial charge in [-0.25, -0.2) is 9.69 Å². The molecule has 0 fully saturated rings. The Labute approximate surface area is 243 Å². The third kappa shape index (κ3) is 13.0. The topological polar surface area (TPSA) is 159 Å². The minimum atomic E-state index is -4.14. The zero-order valence-corrected chi connectivity index (χ0v) is 25.7. The second-order valence-corrected chi connectivity index (χ2v) is 14.9. The predicted molar refractivity (Wildman–Crippen MR) is 155 cm³/mol. The van der Waals surface area contributed by atoms with Crippen molar-refractivity contribution >= 4 is 32.2 Å². The average Bonchev–Trinajstić information content (AvgIpc) is 2.85. The minimum absolute atomic E-state index is 0.126. The number of hydrogen-bond acceptors (Lipinski definition) is 10. The molecule has 2 N–H and O–H groups in total. The molecule has 0 saturated heterocycles. The molecule has 228 valence electrons. The number of imide groups is 1. The maximum atomic E-state index is 13.3. The molecule has 0 aliphatic carbocycles. The molecule has 13 heteroatoms. The zero-order chi connectivity index (χ0) is 30.9. The second-order valence-electron chi connectivity index (χ2n) is 11.4. The molecule has 0 aliphatic heterocycles. The molecule has 11 nitrogen and oxygen atoms in total. The van der Waals surface area contributed by atoms with Crippen molar-refractivity contribution in [2.45, 2.75) is 59.1 Å². The van der Waals surface area contributed by atoms with E-state index in [4.69, 9.17) is 18.8 Å². The lowest BCUT2D eigenvalue weighted by Crippen LogP contribution is -2.52. The quantitative estimate of drug-likeness (QED) is 0.313. The summed E-state index contributed by atoms with van der Waals surface area (Å²) in [6.45, 7) is 7.58. The molecule has 0 saturated carbocycles. The Morgan fingerprint density at radius 1 is 0.854 bits per heavy atom. The summed E-state index contributed by atoms with van der Waals surface area (Å²) in [6.07, 6.45) is -0.985. The zero-order valence-electron chi connectivity index (χ0n) is 24.1. The number of rotatable bonds is 14. The lowest BCUT2D eigenvalue weighted by molar-refractivity contribution is -0.133. The van der Waals surface area contributed by atoms with Gasteiger partial charge in [0.25, 0.3) is 10.1 Å². The van der Waals surface area contributed by atoms with Crippen molar-refractivity contribution in [2.75, 3.05) is 24.7 Å². The van der Waals surface area contributed by atoms with Crippen molar-refractivity contribution in [3.05, 3.63) is 66.2 Å². The van der Waals surface area contributed by atoms with E-state index in [0.717, 1.165) is 10.5 Å². The predicted octanol–water partition coefficient (Wildman–Crippen LogP) is 3.49. The van der Waals surface area contributed by atoms with Crippen LogP contribution in [0, 0.1) is 5.41 Å². The van der Waals surface area contributed by atoms with Crippen LogP contribution in [0.3, 0.4) is 0 Å². The van der Waals surface area contributed by atoms with Crippen molar-refractivity contribution in [1.29, 1.82) is 0 Å². The van der Waals surface area contributed by atoms with Gasteiger partial charge < -0.3 is 14.7 Å². The van der Waals surface area contributed by atoms with Crippen LogP contribution in [0.2, 0.25) is 0 Å². The van der Waals surface area contributed by atoms with E-state index in [1.165, 1.54) is 12.1 Å². The van der Waals surface area contributed by atoms with Crippen LogP contribution in [-0.2, 0) is 40.4 Å². The molecule has 2 amide bonds. The third-order valence-corrected chi connectivity index (χ3v) is 7.97. The Morgan fingerprint density at radius 2 is 1.39 bits per heavy atom. The van der Waals surface area contributed by atoms with Gasteiger partial charge in [0, 0.05) is 12.0 Å². The highest BCUT2D eigenvalue weighted by molar-refractivity contribution is 7.87. The number of nitrogens with two attached hydrogens (primary N) is 1. The van der Waals surface area contributed by atoms with Gasteiger partial charge in [-0.05, 0) is 51.3 Å². The number of ether oxygens (including phenoxy) is 1. The van der Waals surface area contributed by atoms with Crippen LogP contribution in [0.4, 0.5) is 4.79 Å². The SMILES string of the molecule is CC(C)(COS(=O)(=O)CCCS(=O)(=O)Oc1ccccc1)CN(C(=O)OC(C)(C)C)C(=O)[C@@H](N)Cc1ccccc1. The van der Waals surface area contributed by atoms with Crippen molar-refractivity contribution < 1.29 is 39.5 Å². The van der Waals surface area contributed by atoms with Crippen molar-refractivity contribution in [3.63, 3.8) is 0 Å². The first-order chi connectivity index (χ1) is 18.9. The van der Waals surface area contributed by atoms with Crippen molar-refractivity contribution in [3.8, 4) is 5.75 Å². The molecule has 1 atom stereocenters. The summed E-state index contributed by atoms with van der Waals surface area (Å²) in [7, 11) is -8.15. The van der Waals surface area contributed by atoms with Gasteiger partial charge in [0.15, 0.2) is 0 Å². The van der Waals surface area contributed by atoms with E-state index in [0.29, 0.717) is 0 Å². The standard InChI is InChI=1S/C28H40N2O9S2/c1-27(2,3)38-26(32)30(25(31)24(29)19-22-13-8-6-9-14-22)20-28(4,5)21-37-40(33,34)17-12-18-41(35,36)39-23-15-10-7-11-16-23/h6-11,13-16,24H,12,17-21,29H2,1-5H3/t24-/m0/s1. The number of para-hydroxylation sites is 1. The van der Waals surface area contributed by atoms with Gasteiger partial charge >= 0.3 is 16.2 Å². The fraction of sp³-hybridized carbons (Fsp3) is 0.500. The van der Waals surface area contributed by atoms with E-state index >= 15 is 0 Å². The summed E-state index contributed by atoms with van der Waals surface area (Å²) in [6, 6.07) is 15.9. The number of hydrogen-bond donors (Lipinski definition) is 1. The first-order valence-corrected chi connectivity index (χ1v) is 16.2. The first kappa shape index (κ1) is 34.2. The summed E-state index contributed by atoms with van der Waals surface area (Å²) < 4.78 is 64.9. The molecule has 2 aromatic rings. The highest BCUT2D eigenvalue weighted by Crippen LogP contribution is 2.22. The lowest BCUT2D eigenvalue weighted by atomic mass is 9.93. The van der Waals surface area contributed by atoms with Crippen LogP contribution in [0.1, 0.15) is 46.6 Å². The van der Waals surface area contributed by atoms with E-state index in [9.17, 15) is 26.4 Å². The Kier molecular flexibility index (Phi) is 11.9. The molecule has 0 heterocycles.